The molecule has 0 saturated carbocycles. The van der Waals surface area contributed by atoms with Gasteiger partial charge < -0.3 is 0 Å². The van der Waals surface area contributed by atoms with E-state index in [0.717, 1.165) is 25.2 Å². The normalized spacial score (nSPS) is 21.0. The van der Waals surface area contributed by atoms with E-state index < -0.39 is 0 Å². The predicted octanol–water partition coefficient (Wildman–Crippen LogP) is 4.97. The Bertz CT molecular complexity index is 988. The molecule has 0 bridgehead atoms. The number of benzene rings is 2. The zero-order valence-corrected chi connectivity index (χ0v) is 18.6. The monoisotopic (exact) mass is 413 g/mol. The zero-order chi connectivity index (χ0) is 21.8. The zero-order valence-electron chi connectivity index (χ0n) is 18.6. The van der Waals surface area contributed by atoms with Crippen molar-refractivity contribution < 1.29 is 4.79 Å². The number of aromatic nitrogens is 1. The average molecular weight is 414 g/mol. The maximum Gasteiger partial charge on any atom is 0.159 e. The number of hydrogen-bond donors (Lipinski definition) is 0. The molecular formula is C27H31N3O. The number of pyridine rings is 1. The highest BCUT2D eigenvalue weighted by molar-refractivity contribution is 5.94. The molecule has 2 aromatic carbocycles. The fraction of sp³-hybridized carbons (Fsp3) is 0.333. The van der Waals surface area contributed by atoms with E-state index in [2.05, 4.69) is 83.2 Å². The highest BCUT2D eigenvalue weighted by Crippen LogP contribution is 2.33. The second kappa shape index (κ2) is 9.54. The summed E-state index contributed by atoms with van der Waals surface area (Å²) in [4.78, 5) is 21.1. The van der Waals surface area contributed by atoms with E-state index in [0.29, 0.717) is 12.1 Å². The van der Waals surface area contributed by atoms with E-state index in [-0.39, 0.29) is 11.8 Å². The van der Waals surface area contributed by atoms with Crippen molar-refractivity contribution in [2.75, 3.05) is 13.1 Å². The number of carbonyl (C=O) groups is 1. The number of rotatable bonds is 6. The van der Waals surface area contributed by atoms with Crippen LogP contribution in [0.1, 0.15) is 53.9 Å². The van der Waals surface area contributed by atoms with Crippen LogP contribution in [0.25, 0.3) is 0 Å². The molecule has 0 unspecified atom stereocenters. The molecule has 4 nitrogen and oxygen atoms in total. The van der Waals surface area contributed by atoms with Gasteiger partial charge in [-0.3, -0.25) is 19.6 Å². The van der Waals surface area contributed by atoms with Crippen LogP contribution in [-0.4, -0.2) is 45.7 Å². The lowest BCUT2D eigenvalue weighted by atomic mass is 9.92. The summed E-state index contributed by atoms with van der Waals surface area (Å²) in [6, 6.07) is 24.1. The van der Waals surface area contributed by atoms with E-state index in [1.807, 2.05) is 24.5 Å². The Morgan fingerprint density at radius 1 is 0.903 bits per heavy atom. The van der Waals surface area contributed by atoms with E-state index in [9.17, 15) is 4.79 Å². The fourth-order valence-corrected chi connectivity index (χ4v) is 4.64. The van der Waals surface area contributed by atoms with Crippen molar-refractivity contribution in [3.05, 3.63) is 101 Å². The van der Waals surface area contributed by atoms with Crippen molar-refractivity contribution in [3.63, 3.8) is 0 Å². The van der Waals surface area contributed by atoms with Crippen molar-refractivity contribution in [2.24, 2.45) is 0 Å². The molecule has 0 spiro atoms. The quantitative estimate of drug-likeness (QED) is 0.535. The molecule has 3 aromatic rings. The maximum atomic E-state index is 11.8. The minimum atomic E-state index is 0.106. The first-order valence-electron chi connectivity index (χ1n) is 11.1. The average Bonchev–Trinajstić information content (AvgIpc) is 2.79. The van der Waals surface area contributed by atoms with Crippen molar-refractivity contribution >= 4 is 5.78 Å². The van der Waals surface area contributed by atoms with Gasteiger partial charge in [-0.15, -0.1) is 0 Å². The third-order valence-corrected chi connectivity index (χ3v) is 6.38. The Morgan fingerprint density at radius 2 is 1.55 bits per heavy atom. The van der Waals surface area contributed by atoms with Gasteiger partial charge in [0.1, 0.15) is 0 Å². The molecule has 160 valence electrons. The molecule has 0 N–H and O–H groups in total. The molecule has 1 saturated heterocycles. The van der Waals surface area contributed by atoms with Gasteiger partial charge in [0.15, 0.2) is 5.78 Å². The summed E-state index contributed by atoms with van der Waals surface area (Å²) in [5.74, 6) is 0.106. The maximum absolute atomic E-state index is 11.8. The molecule has 4 rings (SSSR count). The van der Waals surface area contributed by atoms with E-state index in [1.165, 1.54) is 16.7 Å². The molecule has 31 heavy (non-hydrogen) atoms. The van der Waals surface area contributed by atoms with Gasteiger partial charge in [-0.25, -0.2) is 0 Å². The van der Waals surface area contributed by atoms with Crippen LogP contribution in [0.2, 0.25) is 0 Å². The Morgan fingerprint density at radius 3 is 2.19 bits per heavy atom. The lowest BCUT2D eigenvalue weighted by molar-refractivity contribution is 0.0195. The third kappa shape index (κ3) is 4.92. The van der Waals surface area contributed by atoms with Gasteiger partial charge in [-0.05, 0) is 49.6 Å². The van der Waals surface area contributed by atoms with Crippen LogP contribution in [0.15, 0.2) is 79.1 Å². The number of ketones is 1. The van der Waals surface area contributed by atoms with Crippen molar-refractivity contribution in [1.29, 1.82) is 0 Å². The lowest BCUT2D eigenvalue weighted by Gasteiger charge is -2.47. The number of hydrogen-bond acceptors (Lipinski definition) is 4. The molecule has 2 heterocycles. The van der Waals surface area contributed by atoms with Crippen LogP contribution in [0.4, 0.5) is 0 Å². The molecule has 1 aliphatic rings. The van der Waals surface area contributed by atoms with Crippen molar-refractivity contribution in [2.45, 2.75) is 45.4 Å². The highest BCUT2D eigenvalue weighted by atomic mass is 16.1. The summed E-state index contributed by atoms with van der Waals surface area (Å²) in [5.41, 5.74) is 4.60. The van der Waals surface area contributed by atoms with Gasteiger partial charge >= 0.3 is 0 Å². The predicted molar refractivity (Wildman–Crippen MR) is 125 cm³/mol. The summed E-state index contributed by atoms with van der Waals surface area (Å²) in [7, 11) is 0. The standard InChI is InChI=1S/C27H31N3O/c1-20-18-30(21(2)17-29(20)19-23-13-15-28-16-14-23)27(25-7-5-4-6-8-25)26-11-9-24(10-12-26)22(3)31/h4-16,20-21,27H,17-19H2,1-3H3/t20-,21+,27-/m1/s1. The fourth-order valence-electron chi connectivity index (χ4n) is 4.64. The third-order valence-electron chi connectivity index (χ3n) is 6.38. The van der Waals surface area contributed by atoms with Gasteiger partial charge in [-0.2, -0.15) is 0 Å². The van der Waals surface area contributed by atoms with Crippen LogP contribution in [0.3, 0.4) is 0 Å². The molecule has 0 amide bonds. The smallest absolute Gasteiger partial charge is 0.159 e. The lowest BCUT2D eigenvalue weighted by Crippen LogP contribution is -2.56. The minimum Gasteiger partial charge on any atom is -0.295 e. The van der Waals surface area contributed by atoms with Gasteiger partial charge in [-0.1, -0.05) is 54.6 Å². The number of nitrogens with zero attached hydrogens (tertiary/aromatic N) is 3. The molecule has 0 radical (unpaired) electrons. The topological polar surface area (TPSA) is 36.4 Å². The van der Waals surface area contributed by atoms with E-state index in [4.69, 9.17) is 0 Å². The minimum absolute atomic E-state index is 0.106. The second-order valence-corrected chi connectivity index (χ2v) is 8.67. The van der Waals surface area contributed by atoms with Crippen LogP contribution in [-0.2, 0) is 6.54 Å². The second-order valence-electron chi connectivity index (χ2n) is 8.67. The molecule has 0 aliphatic carbocycles. The van der Waals surface area contributed by atoms with Gasteiger partial charge in [0.05, 0.1) is 6.04 Å². The van der Waals surface area contributed by atoms with E-state index >= 15 is 0 Å². The Kier molecular flexibility index (Phi) is 6.59. The molecule has 1 fully saturated rings. The number of Topliss-reactive ketones (excluding diaryl/α,β-unsaturated/α-hetero) is 1. The van der Waals surface area contributed by atoms with Crippen LogP contribution in [0.5, 0.6) is 0 Å². The summed E-state index contributed by atoms with van der Waals surface area (Å²) in [6.07, 6.45) is 3.74. The van der Waals surface area contributed by atoms with Crippen LogP contribution in [0, 0.1) is 0 Å². The summed E-state index contributed by atoms with van der Waals surface area (Å²) in [5, 5.41) is 0. The number of piperazine rings is 1. The van der Waals surface area contributed by atoms with Gasteiger partial charge in [0.25, 0.3) is 0 Å². The van der Waals surface area contributed by atoms with Gasteiger partial charge in [0.2, 0.25) is 0 Å². The molecule has 1 aromatic heterocycles. The largest absolute Gasteiger partial charge is 0.295 e. The molecular weight excluding hydrogens is 382 g/mol. The number of carbonyl (C=O) groups excluding carboxylic acids is 1. The van der Waals surface area contributed by atoms with Gasteiger partial charge in [0, 0.05) is 49.7 Å². The Labute approximate surface area is 185 Å². The summed E-state index contributed by atoms with van der Waals surface area (Å²) >= 11 is 0. The molecule has 3 atom stereocenters. The first kappa shape index (κ1) is 21.4. The first-order chi connectivity index (χ1) is 15.0. The van der Waals surface area contributed by atoms with Crippen LogP contribution < -0.4 is 0 Å². The first-order valence-corrected chi connectivity index (χ1v) is 11.1. The molecule has 1 aliphatic heterocycles. The van der Waals surface area contributed by atoms with Crippen molar-refractivity contribution in [3.8, 4) is 0 Å². The van der Waals surface area contributed by atoms with Crippen LogP contribution >= 0.6 is 0 Å². The SMILES string of the molecule is CC(=O)c1ccc([C@@H](c2ccccc2)N2C[C@@H](C)N(Cc3ccncc3)C[C@@H]2C)cc1. The van der Waals surface area contributed by atoms with E-state index in [1.54, 1.807) is 6.92 Å². The Hall–Kier alpha value is -2.82. The summed E-state index contributed by atoms with van der Waals surface area (Å²) in [6.45, 7) is 9.21. The Balaban J connectivity index is 1.60. The van der Waals surface area contributed by atoms with Crippen molar-refractivity contribution in [1.82, 2.24) is 14.8 Å². The molecule has 4 heteroatoms. The summed E-state index contributed by atoms with van der Waals surface area (Å²) < 4.78 is 0. The highest BCUT2D eigenvalue weighted by Gasteiger charge is 2.34.